The number of nitrogens with zero attached hydrogens (tertiary/aromatic N) is 1. The smallest absolute Gasteiger partial charge is 0.315 e. The molecule has 1 aliphatic heterocycles. The van der Waals surface area contributed by atoms with Gasteiger partial charge >= 0.3 is 6.03 Å². The Labute approximate surface area is 122 Å². The number of aromatic nitrogens is 1. The number of primary amides is 1. The molecule has 1 aromatic heterocycles. The third-order valence-corrected chi connectivity index (χ3v) is 4.18. The Morgan fingerprint density at radius 3 is 2.90 bits per heavy atom. The van der Waals surface area contributed by atoms with E-state index in [9.17, 15) is 4.79 Å². The van der Waals surface area contributed by atoms with Crippen LogP contribution < -0.4 is 5.73 Å². The van der Waals surface area contributed by atoms with Crippen molar-refractivity contribution in [2.45, 2.75) is 12.6 Å². The van der Waals surface area contributed by atoms with Gasteiger partial charge in [-0.05, 0) is 34.2 Å². The maximum absolute atomic E-state index is 11.8. The first-order chi connectivity index (χ1) is 10.2. The number of H-pyrrole nitrogens is 1. The summed E-state index contributed by atoms with van der Waals surface area (Å²) in [4.78, 5) is 16.7. The van der Waals surface area contributed by atoms with Crippen LogP contribution in [0, 0.1) is 0 Å². The second-order valence-corrected chi connectivity index (χ2v) is 5.39. The van der Waals surface area contributed by atoms with E-state index < -0.39 is 0 Å². The van der Waals surface area contributed by atoms with E-state index in [1.165, 1.54) is 0 Å². The van der Waals surface area contributed by atoms with Gasteiger partial charge in [0.15, 0.2) is 0 Å². The van der Waals surface area contributed by atoms with Crippen LogP contribution in [0.1, 0.15) is 22.7 Å². The summed E-state index contributed by atoms with van der Waals surface area (Å²) in [7, 11) is 0. The number of hydrogen-bond acceptors (Lipinski definition) is 1. The minimum atomic E-state index is -0.386. The van der Waals surface area contributed by atoms with Crippen LogP contribution in [-0.4, -0.2) is 15.9 Å². The molecule has 4 nitrogen and oxygen atoms in total. The summed E-state index contributed by atoms with van der Waals surface area (Å²) >= 11 is 0. The number of aromatic amines is 1. The minimum Gasteiger partial charge on any atom is -0.361 e. The van der Waals surface area contributed by atoms with E-state index in [0.29, 0.717) is 6.54 Å². The summed E-state index contributed by atoms with van der Waals surface area (Å²) in [5, 5.41) is 1.16. The van der Waals surface area contributed by atoms with Crippen molar-refractivity contribution in [3.05, 3.63) is 71.4 Å². The lowest BCUT2D eigenvalue weighted by atomic mass is 9.97. The van der Waals surface area contributed by atoms with Crippen LogP contribution in [0.2, 0.25) is 0 Å². The Bertz CT molecular complexity index is 837. The van der Waals surface area contributed by atoms with E-state index in [2.05, 4.69) is 35.3 Å². The Balaban J connectivity index is 1.88. The topological polar surface area (TPSA) is 62.1 Å². The van der Waals surface area contributed by atoms with Crippen LogP contribution in [0.4, 0.5) is 4.79 Å². The molecule has 2 amide bonds. The Morgan fingerprint density at radius 2 is 2.05 bits per heavy atom. The maximum atomic E-state index is 11.8. The van der Waals surface area contributed by atoms with Gasteiger partial charge in [0.05, 0.1) is 6.04 Å². The molecule has 4 rings (SSSR count). The zero-order valence-corrected chi connectivity index (χ0v) is 11.4. The third-order valence-electron chi connectivity index (χ3n) is 4.18. The van der Waals surface area contributed by atoms with Crippen molar-refractivity contribution in [3.8, 4) is 0 Å². The van der Waals surface area contributed by atoms with Crippen LogP contribution >= 0.6 is 0 Å². The molecule has 3 N–H and O–H groups in total. The first-order valence-corrected chi connectivity index (χ1v) is 6.95. The summed E-state index contributed by atoms with van der Waals surface area (Å²) in [6.45, 7) is 0.568. The van der Waals surface area contributed by atoms with E-state index in [-0.39, 0.29) is 12.1 Å². The van der Waals surface area contributed by atoms with E-state index in [1.54, 1.807) is 4.90 Å². The molecule has 4 heteroatoms. The highest BCUT2D eigenvalue weighted by Crippen LogP contribution is 2.38. The van der Waals surface area contributed by atoms with Gasteiger partial charge in [-0.2, -0.15) is 0 Å². The standard InChI is InChI=1S/C17H15N3O/c18-17(21)20-10-13-3-1-2-4-14(13)16(20)12-6-5-11-7-8-19-15(11)9-12/h1-9,16,19H,10H2,(H2,18,21). The second kappa shape index (κ2) is 4.38. The van der Waals surface area contributed by atoms with Crippen LogP contribution in [0.25, 0.3) is 10.9 Å². The normalized spacial score (nSPS) is 17.1. The molecule has 0 radical (unpaired) electrons. The number of carbonyl (C=O) groups is 1. The van der Waals surface area contributed by atoms with Gasteiger partial charge in [-0.1, -0.05) is 36.4 Å². The largest absolute Gasteiger partial charge is 0.361 e. The monoisotopic (exact) mass is 277 g/mol. The number of rotatable bonds is 1. The first-order valence-electron chi connectivity index (χ1n) is 6.95. The van der Waals surface area contributed by atoms with Gasteiger partial charge in [-0.3, -0.25) is 0 Å². The van der Waals surface area contributed by atoms with Gasteiger partial charge in [0, 0.05) is 18.3 Å². The maximum Gasteiger partial charge on any atom is 0.315 e. The van der Waals surface area contributed by atoms with Gasteiger partial charge < -0.3 is 15.6 Å². The fraction of sp³-hybridized carbons (Fsp3) is 0.118. The fourth-order valence-corrected chi connectivity index (χ4v) is 3.19. The average molecular weight is 277 g/mol. The van der Waals surface area contributed by atoms with E-state index >= 15 is 0 Å². The second-order valence-electron chi connectivity index (χ2n) is 5.39. The highest BCUT2D eigenvalue weighted by atomic mass is 16.2. The van der Waals surface area contributed by atoms with Crippen molar-refractivity contribution in [2.75, 3.05) is 0 Å². The molecule has 0 fully saturated rings. The quantitative estimate of drug-likeness (QED) is 0.705. The van der Waals surface area contributed by atoms with Crippen molar-refractivity contribution in [1.29, 1.82) is 0 Å². The van der Waals surface area contributed by atoms with Gasteiger partial charge in [-0.15, -0.1) is 0 Å². The first kappa shape index (κ1) is 12.0. The molecule has 0 saturated carbocycles. The Kier molecular flexibility index (Phi) is 2.51. The number of fused-ring (bicyclic) bond motifs is 2. The highest BCUT2D eigenvalue weighted by Gasteiger charge is 2.33. The summed E-state index contributed by atoms with van der Waals surface area (Å²) in [5.41, 5.74) is 10.0. The zero-order chi connectivity index (χ0) is 14.4. The number of amides is 2. The summed E-state index contributed by atoms with van der Waals surface area (Å²) in [6, 6.07) is 15.9. The van der Waals surface area contributed by atoms with Crippen molar-refractivity contribution < 1.29 is 4.79 Å². The molecule has 0 spiro atoms. The predicted octanol–water partition coefficient (Wildman–Crippen LogP) is 3.15. The van der Waals surface area contributed by atoms with Crippen molar-refractivity contribution >= 4 is 16.9 Å². The number of hydrogen-bond donors (Lipinski definition) is 2. The van der Waals surface area contributed by atoms with Gasteiger partial charge in [0.25, 0.3) is 0 Å². The fourth-order valence-electron chi connectivity index (χ4n) is 3.19. The molecule has 3 aromatic rings. The number of nitrogens with two attached hydrogens (primary N) is 1. The van der Waals surface area contributed by atoms with Crippen molar-refractivity contribution in [1.82, 2.24) is 9.88 Å². The predicted molar refractivity (Wildman–Crippen MR) is 81.7 cm³/mol. The summed E-state index contributed by atoms with van der Waals surface area (Å²) in [5.74, 6) is 0. The zero-order valence-electron chi connectivity index (χ0n) is 11.4. The number of carbonyl (C=O) groups excluding carboxylic acids is 1. The molecule has 1 atom stereocenters. The lowest BCUT2D eigenvalue weighted by Gasteiger charge is -2.23. The van der Waals surface area contributed by atoms with E-state index in [0.717, 1.165) is 27.6 Å². The van der Waals surface area contributed by atoms with Crippen LogP contribution in [0.5, 0.6) is 0 Å². The average Bonchev–Trinajstić information content (AvgIpc) is 3.10. The Morgan fingerprint density at radius 1 is 1.19 bits per heavy atom. The van der Waals surface area contributed by atoms with Gasteiger partial charge in [-0.25, -0.2) is 4.79 Å². The molecule has 0 saturated heterocycles. The molecule has 0 aliphatic carbocycles. The molecule has 1 aliphatic rings. The molecule has 2 aromatic carbocycles. The van der Waals surface area contributed by atoms with Crippen LogP contribution in [0.15, 0.2) is 54.7 Å². The molecular formula is C17H15N3O. The molecular weight excluding hydrogens is 262 g/mol. The molecule has 21 heavy (non-hydrogen) atoms. The van der Waals surface area contributed by atoms with Gasteiger partial charge in [0.1, 0.15) is 0 Å². The molecule has 2 heterocycles. The summed E-state index contributed by atoms with van der Waals surface area (Å²) < 4.78 is 0. The number of benzene rings is 2. The van der Waals surface area contributed by atoms with Crippen LogP contribution in [0.3, 0.4) is 0 Å². The Hall–Kier alpha value is -2.75. The van der Waals surface area contributed by atoms with Gasteiger partial charge in [0.2, 0.25) is 0 Å². The minimum absolute atomic E-state index is 0.105. The lowest BCUT2D eigenvalue weighted by molar-refractivity contribution is 0.199. The third kappa shape index (κ3) is 1.80. The highest BCUT2D eigenvalue weighted by molar-refractivity contribution is 5.81. The number of urea groups is 1. The summed E-state index contributed by atoms with van der Waals surface area (Å²) in [6.07, 6.45) is 1.92. The SMILES string of the molecule is NC(=O)N1Cc2ccccc2C1c1ccc2cc[nH]c2c1. The molecule has 0 bridgehead atoms. The van der Waals surface area contributed by atoms with Crippen molar-refractivity contribution in [2.24, 2.45) is 5.73 Å². The van der Waals surface area contributed by atoms with Crippen molar-refractivity contribution in [3.63, 3.8) is 0 Å². The number of nitrogens with one attached hydrogen (secondary N) is 1. The van der Waals surface area contributed by atoms with E-state index in [1.807, 2.05) is 24.4 Å². The van der Waals surface area contributed by atoms with E-state index in [4.69, 9.17) is 5.73 Å². The van der Waals surface area contributed by atoms with Crippen LogP contribution in [-0.2, 0) is 6.54 Å². The molecule has 104 valence electrons. The lowest BCUT2D eigenvalue weighted by Crippen LogP contribution is -2.34. The molecule has 1 unspecified atom stereocenters.